The molecule has 0 aliphatic heterocycles. The topological polar surface area (TPSA) is 115 Å². The minimum atomic E-state index is -3.55. The quantitative estimate of drug-likeness (QED) is 0.189. The van der Waals surface area contributed by atoms with Crippen molar-refractivity contribution in [3.05, 3.63) is 0 Å². The van der Waals surface area contributed by atoms with Crippen LogP contribution in [-0.4, -0.2) is 104 Å². The molecule has 14 heteroatoms. The van der Waals surface area contributed by atoms with E-state index in [0.29, 0.717) is 13.1 Å². The molecular formula is C14H30Cl3NO8P2. The van der Waals surface area contributed by atoms with Crippen LogP contribution in [0.25, 0.3) is 0 Å². The normalized spacial score (nSPS) is 14.5. The predicted octanol–water partition coefficient (Wildman–Crippen LogP) is 2.44. The molecule has 1 unspecified atom stereocenters. The van der Waals surface area contributed by atoms with Gasteiger partial charge in [-0.3, -0.25) is 14.0 Å². The van der Waals surface area contributed by atoms with E-state index in [-0.39, 0.29) is 76.1 Å². The zero-order valence-electron chi connectivity index (χ0n) is 15.7. The van der Waals surface area contributed by atoms with Gasteiger partial charge in [0, 0.05) is 37.3 Å². The van der Waals surface area contributed by atoms with Crippen LogP contribution in [-0.2, 0) is 27.2 Å². The third kappa shape index (κ3) is 14.1. The fourth-order valence-electron chi connectivity index (χ4n) is 2.03. The van der Waals surface area contributed by atoms with Crippen molar-refractivity contribution < 1.29 is 37.4 Å². The average Bonchev–Trinajstić information content (AvgIpc) is 2.68. The summed E-state index contributed by atoms with van der Waals surface area (Å²) in [6.07, 6.45) is -0.134. The Kier molecular flexibility index (Phi) is 18.4. The lowest BCUT2D eigenvalue weighted by molar-refractivity contribution is 0.160. The Bertz CT molecular complexity index is 460. The Morgan fingerprint density at radius 1 is 0.643 bits per heavy atom. The van der Waals surface area contributed by atoms with Crippen LogP contribution in [0.1, 0.15) is 0 Å². The van der Waals surface area contributed by atoms with Crippen molar-refractivity contribution in [3.63, 3.8) is 0 Å². The first kappa shape index (κ1) is 29.1. The van der Waals surface area contributed by atoms with Gasteiger partial charge in [-0.15, -0.1) is 34.8 Å². The standard InChI is InChI=1S/C14H30Cl3NO8P2/c15-1-9-23-27(21,13-6-18(4-7-19)5-8-20)26-12-14-28(22,24-10-2-16)25-11-3-17/h19-20H,1-14H2. The minimum absolute atomic E-state index is 0.0132. The van der Waals surface area contributed by atoms with Crippen LogP contribution >= 0.6 is 50.0 Å². The molecule has 0 rings (SSSR count). The highest BCUT2D eigenvalue weighted by Crippen LogP contribution is 2.52. The summed E-state index contributed by atoms with van der Waals surface area (Å²) in [5.41, 5.74) is 0. The summed E-state index contributed by atoms with van der Waals surface area (Å²) in [7, 11) is -7.05. The van der Waals surface area contributed by atoms with Crippen LogP contribution in [0.4, 0.5) is 0 Å². The Morgan fingerprint density at radius 3 is 1.43 bits per heavy atom. The summed E-state index contributed by atoms with van der Waals surface area (Å²) in [4.78, 5) is 1.72. The molecule has 0 fully saturated rings. The summed E-state index contributed by atoms with van der Waals surface area (Å²) >= 11 is 16.7. The van der Waals surface area contributed by atoms with Crippen LogP contribution < -0.4 is 0 Å². The molecule has 0 aromatic heterocycles. The monoisotopic (exact) mass is 507 g/mol. The van der Waals surface area contributed by atoms with E-state index in [4.69, 9.17) is 63.1 Å². The fraction of sp³-hybridized carbons (Fsp3) is 1.00. The molecule has 1 atom stereocenters. The Hall–Kier alpha value is 1.05. The minimum Gasteiger partial charge on any atom is -0.395 e. The Balaban J connectivity index is 4.81. The number of alkyl halides is 3. The van der Waals surface area contributed by atoms with E-state index in [0.717, 1.165) is 0 Å². The molecule has 0 aromatic carbocycles. The number of hydrogen-bond acceptors (Lipinski definition) is 9. The molecule has 0 spiro atoms. The van der Waals surface area contributed by atoms with Crippen LogP contribution in [0.2, 0.25) is 0 Å². The maximum atomic E-state index is 12.9. The Morgan fingerprint density at radius 2 is 1.04 bits per heavy atom. The summed E-state index contributed by atoms with van der Waals surface area (Å²) < 4.78 is 46.6. The molecular weight excluding hydrogens is 478 g/mol. The zero-order chi connectivity index (χ0) is 21.3. The van der Waals surface area contributed by atoms with E-state index >= 15 is 0 Å². The molecule has 9 nitrogen and oxygen atoms in total. The van der Waals surface area contributed by atoms with Crippen LogP contribution in [0.15, 0.2) is 0 Å². The molecule has 170 valence electrons. The predicted molar refractivity (Wildman–Crippen MR) is 112 cm³/mol. The first-order chi connectivity index (χ1) is 13.4. The molecule has 0 bridgehead atoms. The summed E-state index contributed by atoms with van der Waals surface area (Å²) in [6, 6.07) is 0. The smallest absolute Gasteiger partial charge is 0.333 e. The second kappa shape index (κ2) is 17.7. The third-order valence-corrected chi connectivity index (χ3v) is 7.52. The van der Waals surface area contributed by atoms with E-state index in [9.17, 15) is 9.13 Å². The van der Waals surface area contributed by atoms with Crippen molar-refractivity contribution in [2.24, 2.45) is 0 Å². The Labute approximate surface area is 181 Å². The molecule has 0 radical (unpaired) electrons. The van der Waals surface area contributed by atoms with Gasteiger partial charge in [0.25, 0.3) is 0 Å². The molecule has 28 heavy (non-hydrogen) atoms. The van der Waals surface area contributed by atoms with Crippen molar-refractivity contribution in [1.82, 2.24) is 4.90 Å². The maximum absolute atomic E-state index is 12.9. The number of hydrogen-bond donors (Lipinski definition) is 2. The lowest BCUT2D eigenvalue weighted by Crippen LogP contribution is -2.32. The van der Waals surface area contributed by atoms with Gasteiger partial charge < -0.3 is 28.3 Å². The zero-order valence-corrected chi connectivity index (χ0v) is 19.8. The van der Waals surface area contributed by atoms with Gasteiger partial charge in [-0.05, 0) is 0 Å². The average molecular weight is 509 g/mol. The van der Waals surface area contributed by atoms with Gasteiger partial charge >= 0.3 is 15.2 Å². The SMILES string of the molecule is O=P(CCOP(=O)(CCN(CCO)CCO)OCCCl)(OCCCl)OCCCl. The van der Waals surface area contributed by atoms with E-state index < -0.39 is 15.2 Å². The first-order valence-electron chi connectivity index (χ1n) is 8.77. The maximum Gasteiger partial charge on any atom is 0.333 e. The first-order valence-corrected chi connectivity index (χ1v) is 13.8. The van der Waals surface area contributed by atoms with Gasteiger partial charge in [-0.25, -0.2) is 0 Å². The van der Waals surface area contributed by atoms with Gasteiger partial charge in [0.2, 0.25) is 0 Å². The summed E-state index contributed by atoms with van der Waals surface area (Å²) in [6.45, 7) is 0.553. The number of halogens is 3. The molecule has 0 heterocycles. The second-order valence-corrected chi connectivity index (χ2v) is 10.9. The lowest BCUT2D eigenvalue weighted by Gasteiger charge is -2.24. The van der Waals surface area contributed by atoms with E-state index in [1.807, 2.05) is 0 Å². The highest BCUT2D eigenvalue weighted by atomic mass is 35.5. The van der Waals surface area contributed by atoms with Gasteiger partial charge in [-0.1, -0.05) is 0 Å². The van der Waals surface area contributed by atoms with Crippen LogP contribution in [0.5, 0.6) is 0 Å². The number of aliphatic hydroxyl groups is 2. The summed E-state index contributed by atoms with van der Waals surface area (Å²) in [5.74, 6) is 0.399. The van der Waals surface area contributed by atoms with Crippen molar-refractivity contribution in [2.45, 2.75) is 0 Å². The van der Waals surface area contributed by atoms with Crippen LogP contribution in [0, 0.1) is 0 Å². The highest BCUT2D eigenvalue weighted by Gasteiger charge is 2.29. The van der Waals surface area contributed by atoms with Gasteiger partial charge in [0.15, 0.2) is 0 Å². The number of rotatable bonds is 20. The third-order valence-electron chi connectivity index (χ3n) is 3.27. The van der Waals surface area contributed by atoms with E-state index in [2.05, 4.69) is 0 Å². The molecule has 0 aromatic rings. The molecule has 0 aliphatic rings. The molecule has 0 aliphatic carbocycles. The van der Waals surface area contributed by atoms with Crippen molar-refractivity contribution in [1.29, 1.82) is 0 Å². The van der Waals surface area contributed by atoms with E-state index in [1.165, 1.54) is 0 Å². The van der Waals surface area contributed by atoms with Gasteiger partial charge in [-0.2, -0.15) is 0 Å². The van der Waals surface area contributed by atoms with Gasteiger partial charge in [0.1, 0.15) is 0 Å². The molecule has 0 saturated carbocycles. The van der Waals surface area contributed by atoms with E-state index in [1.54, 1.807) is 4.90 Å². The van der Waals surface area contributed by atoms with Gasteiger partial charge in [0.05, 0.1) is 52.0 Å². The van der Waals surface area contributed by atoms with Crippen molar-refractivity contribution >= 4 is 50.0 Å². The molecule has 0 saturated heterocycles. The number of aliphatic hydroxyl groups excluding tert-OH is 2. The summed E-state index contributed by atoms with van der Waals surface area (Å²) in [5, 5.41) is 18.1. The largest absolute Gasteiger partial charge is 0.395 e. The number of nitrogens with zero attached hydrogens (tertiary/aromatic N) is 1. The van der Waals surface area contributed by atoms with Crippen molar-refractivity contribution in [3.8, 4) is 0 Å². The highest BCUT2D eigenvalue weighted by molar-refractivity contribution is 7.54. The molecule has 0 amide bonds. The molecule has 2 N–H and O–H groups in total. The second-order valence-electron chi connectivity index (χ2n) is 5.36. The van der Waals surface area contributed by atoms with Crippen molar-refractivity contribution in [2.75, 3.05) is 89.2 Å². The fourth-order valence-corrected chi connectivity index (χ4v) is 5.71. The lowest BCUT2D eigenvalue weighted by atomic mass is 10.5. The van der Waals surface area contributed by atoms with Crippen LogP contribution in [0.3, 0.4) is 0 Å².